The van der Waals surface area contributed by atoms with Crippen molar-refractivity contribution in [2.45, 2.75) is 13.0 Å². The summed E-state index contributed by atoms with van der Waals surface area (Å²) in [6.07, 6.45) is 4.84. The number of methoxy groups -OCH3 is 1. The Balaban J connectivity index is 1.89. The number of hydrogen-bond donors (Lipinski definition) is 0. The van der Waals surface area contributed by atoms with Crippen molar-refractivity contribution in [3.05, 3.63) is 40.2 Å². The minimum Gasteiger partial charge on any atom is -0.382 e. The fourth-order valence-corrected chi connectivity index (χ4v) is 2.50. The molecule has 0 bridgehead atoms. The van der Waals surface area contributed by atoms with E-state index in [1.807, 2.05) is 12.4 Å². The molecule has 1 aromatic carbocycles. The summed E-state index contributed by atoms with van der Waals surface area (Å²) in [5.41, 5.74) is 1.15. The maximum Gasteiger partial charge on any atom is 0.139 e. The first-order valence-corrected chi connectivity index (χ1v) is 7.73. The van der Waals surface area contributed by atoms with Gasteiger partial charge in [0.1, 0.15) is 5.82 Å². The summed E-state index contributed by atoms with van der Waals surface area (Å²) in [5.74, 6) is 1.01. The highest BCUT2D eigenvalue weighted by Crippen LogP contribution is 2.19. The molecule has 0 fully saturated rings. The van der Waals surface area contributed by atoms with Gasteiger partial charge in [-0.25, -0.2) is 4.98 Å². The van der Waals surface area contributed by atoms with Crippen LogP contribution in [0, 0.1) is 3.57 Å². The quantitative estimate of drug-likeness (QED) is 0.517. The Kier molecular flexibility index (Phi) is 6.49. The van der Waals surface area contributed by atoms with Gasteiger partial charge >= 0.3 is 0 Å². The Morgan fingerprint density at radius 3 is 2.95 bits per heavy atom. The number of nitrogens with zero attached hydrogens (tertiary/aromatic N) is 2. The predicted molar refractivity (Wildman–Crippen MR) is 87.7 cm³/mol. The van der Waals surface area contributed by atoms with E-state index in [1.54, 1.807) is 7.11 Å². The second kappa shape index (κ2) is 8.39. The lowest BCUT2D eigenvalue weighted by Gasteiger charge is -2.08. The second-order valence-electron chi connectivity index (χ2n) is 4.41. The lowest BCUT2D eigenvalue weighted by Crippen LogP contribution is -2.06. The molecule has 20 heavy (non-hydrogen) atoms. The van der Waals surface area contributed by atoms with Gasteiger partial charge in [-0.05, 0) is 41.1 Å². The Morgan fingerprint density at radius 1 is 1.25 bits per heavy atom. The monoisotopic (exact) mass is 386 g/mol. The van der Waals surface area contributed by atoms with Crippen molar-refractivity contribution in [1.29, 1.82) is 0 Å². The molecule has 0 atom stereocenters. The van der Waals surface area contributed by atoms with Crippen molar-refractivity contribution in [2.75, 3.05) is 26.9 Å². The molecule has 0 saturated carbocycles. The van der Waals surface area contributed by atoms with E-state index in [4.69, 9.17) is 9.47 Å². The van der Waals surface area contributed by atoms with E-state index in [1.165, 1.54) is 3.57 Å². The Hall–Kier alpha value is -0.920. The lowest BCUT2D eigenvalue weighted by molar-refractivity contribution is 0.0680. The largest absolute Gasteiger partial charge is 0.382 e. The van der Waals surface area contributed by atoms with Crippen molar-refractivity contribution in [2.24, 2.45) is 0 Å². The van der Waals surface area contributed by atoms with Crippen LogP contribution in [0.3, 0.4) is 0 Å². The molecular weight excluding hydrogens is 367 g/mol. The van der Waals surface area contributed by atoms with Gasteiger partial charge < -0.3 is 14.0 Å². The van der Waals surface area contributed by atoms with Crippen LogP contribution in [0.2, 0.25) is 0 Å². The van der Waals surface area contributed by atoms with Gasteiger partial charge in [-0.15, -0.1) is 0 Å². The summed E-state index contributed by atoms with van der Waals surface area (Å²) in [6.45, 7) is 2.96. The highest BCUT2D eigenvalue weighted by Gasteiger charge is 2.05. The molecule has 1 aromatic heterocycles. The maximum atomic E-state index is 5.48. The molecule has 0 aliphatic rings. The Labute approximate surface area is 133 Å². The number of halogens is 1. The number of benzene rings is 1. The minimum absolute atomic E-state index is 0.652. The number of hydrogen-bond acceptors (Lipinski definition) is 3. The summed E-state index contributed by atoms with van der Waals surface area (Å²) >= 11 is 2.32. The zero-order valence-corrected chi connectivity index (χ0v) is 13.7. The van der Waals surface area contributed by atoms with Crippen LogP contribution in [0.4, 0.5) is 0 Å². The van der Waals surface area contributed by atoms with Gasteiger partial charge in [-0.3, -0.25) is 0 Å². The number of ether oxygens (including phenoxy) is 2. The summed E-state index contributed by atoms with van der Waals surface area (Å²) in [7, 11) is 1.68. The molecule has 0 saturated heterocycles. The zero-order valence-electron chi connectivity index (χ0n) is 11.6. The van der Waals surface area contributed by atoms with Crippen molar-refractivity contribution in [3.63, 3.8) is 0 Å². The van der Waals surface area contributed by atoms with E-state index in [9.17, 15) is 0 Å². The van der Waals surface area contributed by atoms with Gasteiger partial charge in [0.2, 0.25) is 0 Å². The molecule has 4 nitrogen and oxygen atoms in total. The second-order valence-corrected chi connectivity index (χ2v) is 5.66. The van der Waals surface area contributed by atoms with Crippen LogP contribution < -0.4 is 0 Å². The van der Waals surface area contributed by atoms with E-state index in [-0.39, 0.29) is 0 Å². The first-order chi connectivity index (χ1) is 9.81. The number of imidazole rings is 1. The van der Waals surface area contributed by atoms with Crippen LogP contribution in [-0.4, -0.2) is 36.5 Å². The molecule has 0 aliphatic carbocycles. The molecule has 1 heterocycles. The van der Waals surface area contributed by atoms with E-state index in [2.05, 4.69) is 56.4 Å². The van der Waals surface area contributed by atoms with Crippen molar-refractivity contribution in [3.8, 4) is 11.4 Å². The van der Waals surface area contributed by atoms with E-state index < -0.39 is 0 Å². The first kappa shape index (κ1) is 15.5. The summed E-state index contributed by atoms with van der Waals surface area (Å²) in [5, 5.41) is 0. The zero-order chi connectivity index (χ0) is 14.2. The smallest absolute Gasteiger partial charge is 0.139 e. The highest BCUT2D eigenvalue weighted by molar-refractivity contribution is 14.1. The fraction of sp³-hybridized carbons (Fsp3) is 0.400. The molecule has 0 aliphatic heterocycles. The molecule has 0 spiro atoms. The van der Waals surface area contributed by atoms with Crippen LogP contribution in [-0.2, 0) is 16.0 Å². The minimum atomic E-state index is 0.652. The van der Waals surface area contributed by atoms with Crippen LogP contribution >= 0.6 is 22.6 Å². The molecular formula is C15H19IN2O2. The van der Waals surface area contributed by atoms with E-state index in [0.29, 0.717) is 13.2 Å². The van der Waals surface area contributed by atoms with Crippen LogP contribution in [0.1, 0.15) is 6.42 Å². The van der Waals surface area contributed by atoms with Gasteiger partial charge in [0.25, 0.3) is 0 Å². The molecule has 108 valence electrons. The topological polar surface area (TPSA) is 36.3 Å². The number of aryl methyl sites for hydroxylation is 1. The van der Waals surface area contributed by atoms with Gasteiger partial charge in [0, 0.05) is 41.8 Å². The maximum absolute atomic E-state index is 5.48. The van der Waals surface area contributed by atoms with Crippen LogP contribution in [0.5, 0.6) is 0 Å². The summed E-state index contributed by atoms with van der Waals surface area (Å²) in [4.78, 5) is 4.45. The molecule has 0 amide bonds. The molecule has 0 unspecified atom stereocenters. The van der Waals surface area contributed by atoms with E-state index in [0.717, 1.165) is 31.0 Å². The Bertz CT molecular complexity index is 528. The molecule has 0 N–H and O–H groups in total. The van der Waals surface area contributed by atoms with Crippen molar-refractivity contribution < 1.29 is 9.47 Å². The molecule has 5 heteroatoms. The highest BCUT2D eigenvalue weighted by atomic mass is 127. The SMILES string of the molecule is COCCOCCCn1ccnc1-c1cccc(I)c1. The number of rotatable bonds is 8. The summed E-state index contributed by atoms with van der Waals surface area (Å²) in [6, 6.07) is 8.38. The molecule has 2 rings (SSSR count). The van der Waals surface area contributed by atoms with Gasteiger partial charge in [-0.1, -0.05) is 12.1 Å². The third-order valence-electron chi connectivity index (χ3n) is 2.92. The van der Waals surface area contributed by atoms with E-state index >= 15 is 0 Å². The summed E-state index contributed by atoms with van der Waals surface area (Å²) < 4.78 is 13.8. The fourth-order valence-electron chi connectivity index (χ4n) is 1.96. The Morgan fingerprint density at radius 2 is 2.15 bits per heavy atom. The van der Waals surface area contributed by atoms with Crippen molar-refractivity contribution in [1.82, 2.24) is 9.55 Å². The average molecular weight is 386 g/mol. The number of aromatic nitrogens is 2. The van der Waals surface area contributed by atoms with Crippen molar-refractivity contribution >= 4 is 22.6 Å². The third-order valence-corrected chi connectivity index (χ3v) is 3.59. The van der Waals surface area contributed by atoms with Gasteiger partial charge in [0.15, 0.2) is 0 Å². The molecule has 0 radical (unpaired) electrons. The predicted octanol–water partition coefficient (Wildman–Crippen LogP) is 3.21. The standard InChI is InChI=1S/C15H19IN2O2/c1-19-10-11-20-9-3-7-18-8-6-17-15(18)13-4-2-5-14(16)12-13/h2,4-6,8,12H,3,7,9-11H2,1H3. The molecule has 2 aromatic rings. The van der Waals surface area contributed by atoms with Crippen LogP contribution in [0.25, 0.3) is 11.4 Å². The first-order valence-electron chi connectivity index (χ1n) is 6.65. The normalized spacial score (nSPS) is 10.9. The lowest BCUT2D eigenvalue weighted by atomic mass is 10.2. The van der Waals surface area contributed by atoms with Crippen LogP contribution in [0.15, 0.2) is 36.7 Å². The third kappa shape index (κ3) is 4.57. The van der Waals surface area contributed by atoms with Gasteiger partial charge in [-0.2, -0.15) is 0 Å². The van der Waals surface area contributed by atoms with Gasteiger partial charge in [0.05, 0.1) is 13.2 Å². The average Bonchev–Trinajstić information content (AvgIpc) is 2.91.